The largest absolute Gasteiger partial charge is 0.508 e. The van der Waals surface area contributed by atoms with Gasteiger partial charge in [0.2, 0.25) is 0 Å². The number of aromatic hydroxyl groups is 1. The maximum absolute atomic E-state index is 12.1. The number of rotatable bonds is 4. The molecule has 1 aromatic heterocycles. The molecule has 2 rings (SSSR count). The van der Waals surface area contributed by atoms with E-state index in [0.717, 1.165) is 11.0 Å². The maximum atomic E-state index is 12.1. The molecule has 0 aliphatic rings. The van der Waals surface area contributed by atoms with E-state index in [4.69, 9.17) is 0 Å². The van der Waals surface area contributed by atoms with Crippen LogP contribution >= 0.6 is 15.9 Å². The van der Waals surface area contributed by atoms with Crippen molar-refractivity contribution >= 4 is 21.8 Å². The van der Waals surface area contributed by atoms with Crippen molar-refractivity contribution in [1.82, 2.24) is 9.88 Å². The number of benzene rings is 1. The lowest BCUT2D eigenvalue weighted by atomic mass is 10.2. The molecule has 4 nitrogen and oxygen atoms in total. The number of nitrogens with one attached hydrogen (secondary N) is 1. The van der Waals surface area contributed by atoms with Crippen LogP contribution in [-0.4, -0.2) is 15.6 Å². The SMILES string of the molecule is CCn1cc(Br)cc1C(=O)NCc1ccccc1O. The van der Waals surface area contributed by atoms with E-state index in [1.54, 1.807) is 24.3 Å². The molecule has 0 atom stereocenters. The molecule has 1 amide bonds. The molecule has 0 saturated carbocycles. The molecule has 0 aliphatic carbocycles. The van der Waals surface area contributed by atoms with Crippen molar-refractivity contribution in [3.05, 3.63) is 52.3 Å². The van der Waals surface area contributed by atoms with Crippen LogP contribution < -0.4 is 5.32 Å². The van der Waals surface area contributed by atoms with E-state index in [0.29, 0.717) is 17.8 Å². The molecule has 2 N–H and O–H groups in total. The quantitative estimate of drug-likeness (QED) is 0.909. The summed E-state index contributed by atoms with van der Waals surface area (Å²) in [6.45, 7) is 3.01. The monoisotopic (exact) mass is 322 g/mol. The van der Waals surface area contributed by atoms with Crippen molar-refractivity contribution in [2.45, 2.75) is 20.0 Å². The van der Waals surface area contributed by atoms with Crippen LogP contribution in [0.2, 0.25) is 0 Å². The minimum atomic E-state index is -0.157. The molecule has 0 saturated heterocycles. The summed E-state index contributed by atoms with van der Waals surface area (Å²) < 4.78 is 2.74. The Bertz CT molecular complexity index is 593. The van der Waals surface area contributed by atoms with Gasteiger partial charge >= 0.3 is 0 Å². The molecule has 5 heteroatoms. The lowest BCUT2D eigenvalue weighted by Gasteiger charge is -2.08. The number of amides is 1. The smallest absolute Gasteiger partial charge is 0.268 e. The summed E-state index contributed by atoms with van der Waals surface area (Å²) in [6, 6.07) is 8.74. The normalized spacial score (nSPS) is 10.4. The van der Waals surface area contributed by atoms with Gasteiger partial charge in [0.05, 0.1) is 0 Å². The van der Waals surface area contributed by atoms with Gasteiger partial charge in [-0.15, -0.1) is 0 Å². The summed E-state index contributed by atoms with van der Waals surface area (Å²) in [4.78, 5) is 12.1. The minimum absolute atomic E-state index is 0.157. The molecular formula is C14H15BrN2O2. The molecule has 100 valence electrons. The summed E-state index contributed by atoms with van der Waals surface area (Å²) in [5.74, 6) is 0.0330. The molecule has 0 radical (unpaired) electrons. The van der Waals surface area contributed by atoms with E-state index in [1.807, 2.05) is 23.8 Å². The highest BCUT2D eigenvalue weighted by Crippen LogP contribution is 2.17. The van der Waals surface area contributed by atoms with E-state index >= 15 is 0 Å². The first-order valence-corrected chi connectivity index (χ1v) is 6.82. The van der Waals surface area contributed by atoms with Gasteiger partial charge in [0.25, 0.3) is 5.91 Å². The van der Waals surface area contributed by atoms with E-state index in [-0.39, 0.29) is 11.7 Å². The van der Waals surface area contributed by atoms with E-state index < -0.39 is 0 Å². The predicted molar refractivity (Wildman–Crippen MR) is 77.1 cm³/mol. The second kappa shape index (κ2) is 5.93. The van der Waals surface area contributed by atoms with Gasteiger partial charge in [-0.3, -0.25) is 4.79 Å². The number of hydrogen-bond donors (Lipinski definition) is 2. The Balaban J connectivity index is 2.07. The van der Waals surface area contributed by atoms with Crippen LogP contribution in [0.1, 0.15) is 23.0 Å². The van der Waals surface area contributed by atoms with Gasteiger partial charge in [-0.2, -0.15) is 0 Å². The second-order valence-corrected chi connectivity index (χ2v) is 5.06. The molecule has 19 heavy (non-hydrogen) atoms. The molecule has 2 aromatic rings. The van der Waals surface area contributed by atoms with Crippen LogP contribution in [0, 0.1) is 0 Å². The third kappa shape index (κ3) is 3.17. The Morgan fingerprint density at radius 2 is 2.16 bits per heavy atom. The van der Waals surface area contributed by atoms with Crippen LogP contribution in [0.25, 0.3) is 0 Å². The molecule has 0 unspecified atom stereocenters. The van der Waals surface area contributed by atoms with Crippen LogP contribution in [0.3, 0.4) is 0 Å². The van der Waals surface area contributed by atoms with Gasteiger partial charge in [-0.05, 0) is 35.0 Å². The number of halogens is 1. The summed E-state index contributed by atoms with van der Waals surface area (Å²) >= 11 is 3.36. The number of carbonyl (C=O) groups is 1. The highest BCUT2D eigenvalue weighted by Gasteiger charge is 2.12. The number of phenols is 1. The van der Waals surface area contributed by atoms with Crippen LogP contribution in [-0.2, 0) is 13.1 Å². The third-order valence-electron chi connectivity index (χ3n) is 2.87. The predicted octanol–water partition coefficient (Wildman–Crippen LogP) is 2.91. The molecule has 1 aromatic carbocycles. The average Bonchev–Trinajstić information content (AvgIpc) is 2.79. The third-order valence-corrected chi connectivity index (χ3v) is 3.30. The molecule has 0 bridgehead atoms. The Labute approximate surface area is 120 Å². The Hall–Kier alpha value is -1.75. The fourth-order valence-corrected chi connectivity index (χ4v) is 2.32. The fourth-order valence-electron chi connectivity index (χ4n) is 1.85. The first-order chi connectivity index (χ1) is 9.11. The van der Waals surface area contributed by atoms with Gasteiger partial charge in [-0.25, -0.2) is 0 Å². The number of phenolic OH excluding ortho intramolecular Hbond substituents is 1. The second-order valence-electron chi connectivity index (χ2n) is 4.14. The molecule has 1 heterocycles. The summed E-state index contributed by atoms with van der Waals surface area (Å²) in [5.41, 5.74) is 1.30. The van der Waals surface area contributed by atoms with Gasteiger partial charge in [-0.1, -0.05) is 18.2 Å². The highest BCUT2D eigenvalue weighted by atomic mass is 79.9. The van der Waals surface area contributed by atoms with Crippen molar-refractivity contribution in [3.63, 3.8) is 0 Å². The zero-order valence-corrected chi connectivity index (χ0v) is 12.1. The van der Waals surface area contributed by atoms with Crippen molar-refractivity contribution in [3.8, 4) is 5.75 Å². The summed E-state index contributed by atoms with van der Waals surface area (Å²) in [5, 5.41) is 12.4. The van der Waals surface area contributed by atoms with Gasteiger partial charge in [0.1, 0.15) is 11.4 Å². The maximum Gasteiger partial charge on any atom is 0.268 e. The zero-order valence-electron chi connectivity index (χ0n) is 10.6. The zero-order chi connectivity index (χ0) is 13.8. The number of aryl methyl sites for hydroxylation is 1. The van der Waals surface area contributed by atoms with E-state index in [2.05, 4.69) is 21.2 Å². The number of nitrogens with zero attached hydrogens (tertiary/aromatic N) is 1. The average molecular weight is 323 g/mol. The Kier molecular flexibility index (Phi) is 4.27. The Morgan fingerprint density at radius 3 is 2.84 bits per heavy atom. The van der Waals surface area contributed by atoms with Crippen molar-refractivity contribution in [2.75, 3.05) is 0 Å². The van der Waals surface area contributed by atoms with Gasteiger partial charge in [0.15, 0.2) is 0 Å². The van der Waals surface area contributed by atoms with Crippen molar-refractivity contribution < 1.29 is 9.90 Å². The number of para-hydroxylation sites is 1. The lowest BCUT2D eigenvalue weighted by molar-refractivity contribution is 0.0941. The molecular weight excluding hydrogens is 308 g/mol. The van der Waals surface area contributed by atoms with E-state index in [9.17, 15) is 9.90 Å². The summed E-state index contributed by atoms with van der Waals surface area (Å²) in [6.07, 6.45) is 1.87. The van der Waals surface area contributed by atoms with Crippen molar-refractivity contribution in [1.29, 1.82) is 0 Å². The van der Waals surface area contributed by atoms with Crippen LogP contribution in [0.15, 0.2) is 41.0 Å². The van der Waals surface area contributed by atoms with Crippen LogP contribution in [0.4, 0.5) is 0 Å². The van der Waals surface area contributed by atoms with Crippen molar-refractivity contribution in [2.24, 2.45) is 0 Å². The number of hydrogen-bond acceptors (Lipinski definition) is 2. The first kappa shape index (κ1) is 13.7. The summed E-state index contributed by atoms with van der Waals surface area (Å²) in [7, 11) is 0. The minimum Gasteiger partial charge on any atom is -0.508 e. The molecule has 0 fully saturated rings. The van der Waals surface area contributed by atoms with Gasteiger partial charge in [0, 0.05) is 29.3 Å². The topological polar surface area (TPSA) is 54.3 Å². The lowest BCUT2D eigenvalue weighted by Crippen LogP contribution is -2.25. The molecule has 0 aliphatic heterocycles. The van der Waals surface area contributed by atoms with Gasteiger partial charge < -0.3 is 15.0 Å². The fraction of sp³-hybridized carbons (Fsp3) is 0.214. The first-order valence-electron chi connectivity index (χ1n) is 6.02. The number of carbonyl (C=O) groups excluding carboxylic acids is 1. The molecule has 0 spiro atoms. The Morgan fingerprint density at radius 1 is 1.42 bits per heavy atom. The standard InChI is InChI=1S/C14H15BrN2O2/c1-2-17-9-11(15)7-12(17)14(19)16-8-10-5-3-4-6-13(10)18/h3-7,9,18H,2,8H2,1H3,(H,16,19). The van der Waals surface area contributed by atoms with E-state index in [1.165, 1.54) is 0 Å². The van der Waals surface area contributed by atoms with Crippen LogP contribution in [0.5, 0.6) is 5.75 Å². The number of aromatic nitrogens is 1. The highest BCUT2D eigenvalue weighted by molar-refractivity contribution is 9.10.